The maximum atomic E-state index is 4.03. The molecule has 0 aliphatic heterocycles. The molecule has 0 N–H and O–H groups in total. The van der Waals surface area contributed by atoms with Crippen molar-refractivity contribution in [3.63, 3.8) is 0 Å². The van der Waals surface area contributed by atoms with Crippen molar-refractivity contribution in [2.75, 3.05) is 7.05 Å². The quantitative estimate of drug-likeness (QED) is 0.714. The Labute approximate surface area is 77.6 Å². The SMILES string of the molecule is C/C=C(\C)N(C)Cc1cncs1. The Morgan fingerprint density at radius 2 is 2.50 bits per heavy atom. The molecule has 0 aliphatic carbocycles. The fourth-order valence-electron chi connectivity index (χ4n) is 0.899. The third-order valence-corrected chi connectivity index (χ3v) is 2.66. The number of aromatic nitrogens is 1. The van der Waals surface area contributed by atoms with Crippen LogP contribution in [0.25, 0.3) is 0 Å². The zero-order valence-corrected chi connectivity index (χ0v) is 8.56. The number of thiazole rings is 1. The van der Waals surface area contributed by atoms with E-state index >= 15 is 0 Å². The molecule has 0 fully saturated rings. The van der Waals surface area contributed by atoms with E-state index in [1.165, 1.54) is 10.6 Å². The number of rotatable bonds is 3. The molecule has 0 unspecified atom stereocenters. The average Bonchev–Trinajstić information content (AvgIpc) is 2.55. The standard InChI is InChI=1S/C9H14N2S/c1-4-8(2)11(3)6-9-5-10-7-12-9/h4-5,7H,6H2,1-3H3/b8-4+. The average molecular weight is 182 g/mol. The van der Waals surface area contributed by atoms with Gasteiger partial charge >= 0.3 is 0 Å². The van der Waals surface area contributed by atoms with E-state index in [9.17, 15) is 0 Å². The first-order valence-electron chi connectivity index (χ1n) is 3.95. The topological polar surface area (TPSA) is 16.1 Å². The van der Waals surface area contributed by atoms with Crippen LogP contribution >= 0.6 is 11.3 Å². The highest BCUT2D eigenvalue weighted by molar-refractivity contribution is 7.09. The molecular weight excluding hydrogens is 168 g/mol. The van der Waals surface area contributed by atoms with Crippen molar-refractivity contribution in [3.8, 4) is 0 Å². The maximum Gasteiger partial charge on any atom is 0.0794 e. The molecule has 0 amide bonds. The molecule has 12 heavy (non-hydrogen) atoms. The summed E-state index contributed by atoms with van der Waals surface area (Å²) >= 11 is 1.70. The van der Waals surface area contributed by atoms with Gasteiger partial charge in [-0.2, -0.15) is 0 Å². The lowest BCUT2D eigenvalue weighted by molar-refractivity contribution is 0.415. The Kier molecular flexibility index (Phi) is 3.29. The number of nitrogens with zero attached hydrogens (tertiary/aromatic N) is 2. The van der Waals surface area contributed by atoms with Gasteiger partial charge in [0.25, 0.3) is 0 Å². The molecule has 0 aromatic carbocycles. The summed E-state index contributed by atoms with van der Waals surface area (Å²) in [4.78, 5) is 7.55. The van der Waals surface area contributed by atoms with Crippen molar-refractivity contribution in [3.05, 3.63) is 28.4 Å². The zero-order chi connectivity index (χ0) is 8.97. The summed E-state index contributed by atoms with van der Waals surface area (Å²) in [5.74, 6) is 0. The summed E-state index contributed by atoms with van der Waals surface area (Å²) in [6.45, 7) is 5.13. The van der Waals surface area contributed by atoms with Crippen LogP contribution in [-0.4, -0.2) is 16.9 Å². The van der Waals surface area contributed by atoms with Gasteiger partial charge in [-0.25, -0.2) is 0 Å². The van der Waals surface area contributed by atoms with Crippen molar-refractivity contribution in [1.82, 2.24) is 9.88 Å². The van der Waals surface area contributed by atoms with Gasteiger partial charge in [0, 0.05) is 23.8 Å². The molecule has 1 heterocycles. The normalized spacial score (nSPS) is 11.8. The second kappa shape index (κ2) is 4.26. The first-order chi connectivity index (χ1) is 5.74. The second-order valence-corrected chi connectivity index (χ2v) is 3.72. The monoisotopic (exact) mass is 182 g/mol. The summed E-state index contributed by atoms with van der Waals surface area (Å²) in [6, 6.07) is 0. The maximum absolute atomic E-state index is 4.03. The van der Waals surface area contributed by atoms with E-state index in [0.717, 1.165) is 6.54 Å². The van der Waals surface area contributed by atoms with Crippen LogP contribution in [0.5, 0.6) is 0 Å². The Hall–Kier alpha value is -0.830. The zero-order valence-electron chi connectivity index (χ0n) is 7.74. The van der Waals surface area contributed by atoms with E-state index in [4.69, 9.17) is 0 Å². The molecule has 0 spiro atoms. The molecule has 2 nitrogen and oxygen atoms in total. The van der Waals surface area contributed by atoms with Crippen molar-refractivity contribution < 1.29 is 0 Å². The van der Waals surface area contributed by atoms with Gasteiger partial charge in [0.05, 0.1) is 12.1 Å². The van der Waals surface area contributed by atoms with Gasteiger partial charge in [-0.05, 0) is 13.8 Å². The number of hydrogen-bond acceptors (Lipinski definition) is 3. The lowest BCUT2D eigenvalue weighted by Gasteiger charge is -2.18. The Morgan fingerprint density at radius 1 is 1.75 bits per heavy atom. The van der Waals surface area contributed by atoms with Gasteiger partial charge in [-0.15, -0.1) is 11.3 Å². The summed E-state index contributed by atoms with van der Waals surface area (Å²) in [5, 5.41) is 0. The molecular formula is C9H14N2S. The first-order valence-corrected chi connectivity index (χ1v) is 4.83. The Morgan fingerprint density at radius 3 is 3.00 bits per heavy atom. The summed E-state index contributed by atoms with van der Waals surface area (Å²) in [5.41, 5.74) is 3.16. The molecule has 0 bridgehead atoms. The van der Waals surface area contributed by atoms with Gasteiger partial charge in [-0.3, -0.25) is 4.98 Å². The smallest absolute Gasteiger partial charge is 0.0794 e. The fraction of sp³-hybridized carbons (Fsp3) is 0.444. The molecule has 66 valence electrons. The van der Waals surface area contributed by atoms with Crippen LogP contribution in [0.2, 0.25) is 0 Å². The summed E-state index contributed by atoms with van der Waals surface area (Å²) in [7, 11) is 2.09. The molecule has 0 radical (unpaired) electrons. The summed E-state index contributed by atoms with van der Waals surface area (Å²) in [6.07, 6.45) is 4.03. The van der Waals surface area contributed by atoms with Gasteiger partial charge in [-0.1, -0.05) is 6.08 Å². The van der Waals surface area contributed by atoms with Crippen LogP contribution in [-0.2, 0) is 6.54 Å². The minimum atomic E-state index is 0.959. The highest BCUT2D eigenvalue weighted by Gasteiger charge is 2.00. The van der Waals surface area contributed by atoms with E-state index in [-0.39, 0.29) is 0 Å². The largest absolute Gasteiger partial charge is 0.373 e. The van der Waals surface area contributed by atoms with Crippen LogP contribution in [0, 0.1) is 0 Å². The highest BCUT2D eigenvalue weighted by atomic mass is 32.1. The van der Waals surface area contributed by atoms with Crippen molar-refractivity contribution in [1.29, 1.82) is 0 Å². The molecule has 3 heteroatoms. The van der Waals surface area contributed by atoms with E-state index in [2.05, 4.69) is 36.9 Å². The molecule has 0 saturated carbocycles. The molecule has 1 aromatic rings. The third kappa shape index (κ3) is 2.34. The molecule has 0 atom stereocenters. The predicted octanol–water partition coefficient (Wildman–Crippen LogP) is 2.50. The van der Waals surface area contributed by atoms with Crippen LogP contribution in [0.1, 0.15) is 18.7 Å². The first kappa shape index (κ1) is 9.26. The van der Waals surface area contributed by atoms with Gasteiger partial charge in [0.15, 0.2) is 0 Å². The van der Waals surface area contributed by atoms with Crippen molar-refractivity contribution >= 4 is 11.3 Å². The van der Waals surface area contributed by atoms with Gasteiger partial charge < -0.3 is 4.90 Å². The number of hydrogen-bond donors (Lipinski definition) is 0. The Balaban J connectivity index is 2.53. The minimum Gasteiger partial charge on any atom is -0.373 e. The molecule has 0 saturated heterocycles. The van der Waals surface area contributed by atoms with E-state index in [0.29, 0.717) is 0 Å². The number of allylic oxidation sites excluding steroid dienone is 2. The molecule has 1 aromatic heterocycles. The van der Waals surface area contributed by atoms with Gasteiger partial charge in [0.2, 0.25) is 0 Å². The van der Waals surface area contributed by atoms with Crippen molar-refractivity contribution in [2.24, 2.45) is 0 Å². The van der Waals surface area contributed by atoms with E-state index in [1.807, 2.05) is 11.7 Å². The van der Waals surface area contributed by atoms with Crippen LogP contribution in [0.15, 0.2) is 23.5 Å². The second-order valence-electron chi connectivity index (χ2n) is 2.75. The minimum absolute atomic E-state index is 0.959. The van der Waals surface area contributed by atoms with E-state index in [1.54, 1.807) is 11.3 Å². The van der Waals surface area contributed by atoms with Crippen LogP contribution < -0.4 is 0 Å². The van der Waals surface area contributed by atoms with E-state index < -0.39 is 0 Å². The van der Waals surface area contributed by atoms with Crippen LogP contribution in [0.3, 0.4) is 0 Å². The lowest BCUT2D eigenvalue weighted by Crippen LogP contribution is -2.14. The molecule has 1 rings (SSSR count). The van der Waals surface area contributed by atoms with Gasteiger partial charge in [0.1, 0.15) is 0 Å². The lowest BCUT2D eigenvalue weighted by atomic mass is 10.4. The predicted molar refractivity (Wildman–Crippen MR) is 53.0 cm³/mol. The fourth-order valence-corrected chi connectivity index (χ4v) is 1.55. The molecule has 0 aliphatic rings. The summed E-state index contributed by atoms with van der Waals surface area (Å²) < 4.78 is 0. The van der Waals surface area contributed by atoms with Crippen LogP contribution in [0.4, 0.5) is 0 Å². The highest BCUT2D eigenvalue weighted by Crippen LogP contribution is 2.11. The van der Waals surface area contributed by atoms with Crippen molar-refractivity contribution in [2.45, 2.75) is 20.4 Å². The third-order valence-electron chi connectivity index (χ3n) is 1.90. The Bertz CT molecular complexity index is 252.